The lowest BCUT2D eigenvalue weighted by Crippen LogP contribution is -2.18. The van der Waals surface area contributed by atoms with Crippen LogP contribution in [0.2, 0.25) is 5.02 Å². The third kappa shape index (κ3) is 2.62. The van der Waals surface area contributed by atoms with Crippen LogP contribution in [0.4, 0.5) is 0 Å². The molecule has 1 aromatic carbocycles. The van der Waals surface area contributed by atoms with E-state index >= 15 is 0 Å². The molecule has 0 bridgehead atoms. The van der Waals surface area contributed by atoms with Crippen LogP contribution < -0.4 is 0 Å². The van der Waals surface area contributed by atoms with Gasteiger partial charge < -0.3 is 0 Å². The second kappa shape index (κ2) is 5.14. The van der Waals surface area contributed by atoms with Crippen LogP contribution in [-0.2, 0) is 0 Å². The predicted molar refractivity (Wildman–Crippen MR) is 64.5 cm³/mol. The Morgan fingerprint density at radius 3 is 2.50 bits per heavy atom. The lowest BCUT2D eigenvalue weighted by molar-refractivity contribution is 0.0924. The van der Waals surface area contributed by atoms with E-state index in [0.29, 0.717) is 10.6 Å². The third-order valence-corrected chi connectivity index (χ3v) is 2.95. The van der Waals surface area contributed by atoms with Crippen LogP contribution in [-0.4, -0.2) is 5.78 Å². The minimum Gasteiger partial charge on any atom is -0.293 e. The van der Waals surface area contributed by atoms with E-state index in [4.69, 9.17) is 16.9 Å². The predicted octanol–water partition coefficient (Wildman–Crippen LogP) is 3.63. The zero-order valence-electron chi connectivity index (χ0n) is 9.62. The topological polar surface area (TPSA) is 40.9 Å². The molecule has 84 valence electrons. The number of carbonyl (C=O) groups is 1. The van der Waals surface area contributed by atoms with Crippen molar-refractivity contribution in [1.29, 1.82) is 5.26 Å². The summed E-state index contributed by atoms with van der Waals surface area (Å²) in [5, 5.41) is 9.51. The second-order valence-electron chi connectivity index (χ2n) is 4.18. The number of Topliss-reactive ketones (excluding diaryl/α,β-unsaturated/α-hetero) is 1. The summed E-state index contributed by atoms with van der Waals surface area (Å²) in [7, 11) is 0. The van der Waals surface area contributed by atoms with Gasteiger partial charge in [0.1, 0.15) is 5.92 Å². The number of nitrogens with zero attached hydrogens (tertiary/aromatic N) is 1. The van der Waals surface area contributed by atoms with Crippen LogP contribution in [0.3, 0.4) is 0 Å². The van der Waals surface area contributed by atoms with E-state index in [0.717, 1.165) is 5.56 Å². The molecule has 3 heteroatoms. The molecule has 0 aromatic heterocycles. The minimum absolute atomic E-state index is 0.0116. The lowest BCUT2D eigenvalue weighted by atomic mass is 9.89. The standard InChI is InChI=1S/C13H14ClNO/c1-8(2)11(7-15)13(16)10-5-4-9(3)12(14)6-10/h4-6,8,11H,1-3H3. The summed E-state index contributed by atoms with van der Waals surface area (Å²) in [6.07, 6.45) is 0. The van der Waals surface area contributed by atoms with Gasteiger partial charge in [0.2, 0.25) is 0 Å². The zero-order valence-corrected chi connectivity index (χ0v) is 10.4. The Balaban J connectivity index is 3.06. The van der Waals surface area contributed by atoms with Crippen LogP contribution >= 0.6 is 11.6 Å². The summed E-state index contributed by atoms with van der Waals surface area (Å²) in [6.45, 7) is 5.60. The van der Waals surface area contributed by atoms with Crippen molar-refractivity contribution in [3.05, 3.63) is 34.3 Å². The van der Waals surface area contributed by atoms with Crippen LogP contribution in [0.15, 0.2) is 18.2 Å². The molecule has 2 nitrogen and oxygen atoms in total. The SMILES string of the molecule is Cc1ccc(C(=O)C(C#N)C(C)C)cc1Cl. The molecule has 0 saturated heterocycles. The van der Waals surface area contributed by atoms with E-state index in [1.165, 1.54) is 0 Å². The smallest absolute Gasteiger partial charge is 0.180 e. The highest BCUT2D eigenvalue weighted by Crippen LogP contribution is 2.21. The van der Waals surface area contributed by atoms with Gasteiger partial charge in [0.25, 0.3) is 0 Å². The maximum Gasteiger partial charge on any atom is 0.180 e. The van der Waals surface area contributed by atoms with Crippen LogP contribution in [0.25, 0.3) is 0 Å². The zero-order chi connectivity index (χ0) is 12.3. The molecule has 0 heterocycles. The molecule has 0 radical (unpaired) electrons. The van der Waals surface area contributed by atoms with Crippen LogP contribution in [0.5, 0.6) is 0 Å². The van der Waals surface area contributed by atoms with Crippen molar-refractivity contribution in [2.75, 3.05) is 0 Å². The molecule has 1 atom stereocenters. The fraction of sp³-hybridized carbons (Fsp3) is 0.385. The first-order valence-corrected chi connectivity index (χ1v) is 5.55. The van der Waals surface area contributed by atoms with E-state index in [-0.39, 0.29) is 11.7 Å². The summed E-state index contributed by atoms with van der Waals surface area (Å²) in [4.78, 5) is 12.0. The fourth-order valence-corrected chi connectivity index (χ4v) is 1.62. The fourth-order valence-electron chi connectivity index (χ4n) is 1.44. The van der Waals surface area contributed by atoms with Gasteiger partial charge in [0.05, 0.1) is 6.07 Å². The van der Waals surface area contributed by atoms with Crippen molar-refractivity contribution in [3.63, 3.8) is 0 Å². The normalized spacial score (nSPS) is 12.2. The highest BCUT2D eigenvalue weighted by atomic mass is 35.5. The molecule has 0 aliphatic carbocycles. The number of carbonyl (C=O) groups excluding carboxylic acids is 1. The first-order valence-electron chi connectivity index (χ1n) is 5.17. The number of rotatable bonds is 3. The molecular weight excluding hydrogens is 222 g/mol. The molecule has 0 fully saturated rings. The van der Waals surface area contributed by atoms with E-state index in [2.05, 4.69) is 0 Å². The molecule has 1 rings (SSSR count). The van der Waals surface area contributed by atoms with Gasteiger partial charge in [-0.05, 0) is 24.5 Å². The van der Waals surface area contributed by atoms with Crippen LogP contribution in [0, 0.1) is 30.1 Å². The Labute approximate surface area is 101 Å². The number of aryl methyl sites for hydroxylation is 1. The van der Waals surface area contributed by atoms with Gasteiger partial charge in [-0.2, -0.15) is 5.26 Å². The number of hydrogen-bond acceptors (Lipinski definition) is 2. The van der Waals surface area contributed by atoms with Gasteiger partial charge in [0, 0.05) is 10.6 Å². The molecule has 1 aromatic rings. The van der Waals surface area contributed by atoms with Gasteiger partial charge in [-0.3, -0.25) is 4.79 Å². The average Bonchev–Trinajstić information content (AvgIpc) is 2.22. The Kier molecular flexibility index (Phi) is 4.09. The molecule has 0 N–H and O–H groups in total. The summed E-state index contributed by atoms with van der Waals surface area (Å²) >= 11 is 5.95. The molecule has 0 amide bonds. The van der Waals surface area contributed by atoms with Gasteiger partial charge in [-0.15, -0.1) is 0 Å². The quantitative estimate of drug-likeness (QED) is 0.751. The molecule has 0 aliphatic rings. The van der Waals surface area contributed by atoms with Crippen LogP contribution in [0.1, 0.15) is 29.8 Å². The Hall–Kier alpha value is -1.33. The maximum absolute atomic E-state index is 12.0. The number of ketones is 1. The average molecular weight is 236 g/mol. The third-order valence-electron chi connectivity index (χ3n) is 2.54. The second-order valence-corrected chi connectivity index (χ2v) is 4.59. The largest absolute Gasteiger partial charge is 0.293 e. The highest BCUT2D eigenvalue weighted by molar-refractivity contribution is 6.31. The number of benzene rings is 1. The lowest BCUT2D eigenvalue weighted by Gasteiger charge is -2.12. The minimum atomic E-state index is -0.598. The van der Waals surface area contributed by atoms with Gasteiger partial charge in [0.15, 0.2) is 5.78 Å². The first-order chi connectivity index (χ1) is 7.47. The molecule has 0 saturated carbocycles. The van der Waals surface area contributed by atoms with Crippen molar-refractivity contribution < 1.29 is 4.79 Å². The van der Waals surface area contributed by atoms with Crippen molar-refractivity contribution >= 4 is 17.4 Å². The number of halogens is 1. The molecule has 0 spiro atoms. The Morgan fingerprint density at radius 2 is 2.06 bits per heavy atom. The van der Waals surface area contributed by atoms with Gasteiger partial charge in [-0.25, -0.2) is 0 Å². The first kappa shape index (κ1) is 12.7. The summed E-state index contributed by atoms with van der Waals surface area (Å²) < 4.78 is 0. The van der Waals surface area contributed by atoms with Crippen molar-refractivity contribution in [3.8, 4) is 6.07 Å². The number of nitriles is 1. The number of hydrogen-bond donors (Lipinski definition) is 0. The summed E-state index contributed by atoms with van der Waals surface area (Å²) in [5.74, 6) is -0.740. The van der Waals surface area contributed by atoms with Gasteiger partial charge >= 0.3 is 0 Å². The van der Waals surface area contributed by atoms with E-state index in [9.17, 15) is 4.79 Å². The maximum atomic E-state index is 12.0. The van der Waals surface area contributed by atoms with E-state index in [1.54, 1.807) is 18.2 Å². The molecular formula is C13H14ClNO. The Morgan fingerprint density at radius 1 is 1.44 bits per heavy atom. The highest BCUT2D eigenvalue weighted by Gasteiger charge is 2.23. The van der Waals surface area contributed by atoms with Crippen molar-refractivity contribution in [2.45, 2.75) is 20.8 Å². The Bertz CT molecular complexity index is 446. The monoisotopic (exact) mass is 235 g/mol. The molecule has 16 heavy (non-hydrogen) atoms. The molecule has 1 unspecified atom stereocenters. The summed E-state index contributed by atoms with van der Waals surface area (Å²) in [5.41, 5.74) is 1.44. The summed E-state index contributed by atoms with van der Waals surface area (Å²) in [6, 6.07) is 7.19. The van der Waals surface area contributed by atoms with E-state index < -0.39 is 5.92 Å². The van der Waals surface area contributed by atoms with Crippen molar-refractivity contribution in [1.82, 2.24) is 0 Å². The van der Waals surface area contributed by atoms with E-state index in [1.807, 2.05) is 26.8 Å². The molecule has 0 aliphatic heterocycles. The van der Waals surface area contributed by atoms with Crippen molar-refractivity contribution in [2.24, 2.45) is 11.8 Å². The van der Waals surface area contributed by atoms with Gasteiger partial charge in [-0.1, -0.05) is 37.6 Å².